The van der Waals surface area contributed by atoms with E-state index in [-0.39, 0.29) is 11.7 Å². The van der Waals surface area contributed by atoms with Crippen LogP contribution in [0.1, 0.15) is 41.6 Å². The topological polar surface area (TPSA) is 102 Å². The highest BCUT2D eigenvalue weighted by Gasteiger charge is 2.15. The van der Waals surface area contributed by atoms with Crippen LogP contribution in [0.4, 0.5) is 0 Å². The van der Waals surface area contributed by atoms with Crippen LogP contribution in [0.15, 0.2) is 59.7 Å². The summed E-state index contributed by atoms with van der Waals surface area (Å²) in [5, 5.41) is 16.7. The third-order valence-corrected chi connectivity index (χ3v) is 4.66. The van der Waals surface area contributed by atoms with Crippen molar-refractivity contribution in [1.82, 2.24) is 25.6 Å². The van der Waals surface area contributed by atoms with Crippen LogP contribution in [0.5, 0.6) is 0 Å². The molecule has 0 unspecified atom stereocenters. The molecule has 146 valence electrons. The standard InChI is InChI=1S/C21H20N6O2/c28-19-8-4-7-18(13-19)22-24-21(29)17-11-9-15(10-12-17)14-27-25-20(23-26-27)16-5-2-1-3-6-16/h1-3,5-6,9-12H,4,7-8,13-14H2,(H,24,29). The summed E-state index contributed by atoms with van der Waals surface area (Å²) >= 11 is 0. The second-order valence-electron chi connectivity index (χ2n) is 6.89. The summed E-state index contributed by atoms with van der Waals surface area (Å²) in [6.45, 7) is 0.451. The molecule has 1 aromatic heterocycles. The molecular weight excluding hydrogens is 368 g/mol. The number of Topliss-reactive ketones (excluding diaryl/α,β-unsaturated/α-hetero) is 1. The molecule has 3 aromatic rings. The molecule has 8 nitrogen and oxygen atoms in total. The van der Waals surface area contributed by atoms with Crippen LogP contribution in [0.2, 0.25) is 0 Å². The van der Waals surface area contributed by atoms with E-state index in [4.69, 9.17) is 0 Å². The summed E-state index contributed by atoms with van der Waals surface area (Å²) in [4.78, 5) is 25.2. The van der Waals surface area contributed by atoms with Crippen molar-refractivity contribution in [1.29, 1.82) is 0 Å². The molecule has 1 aliphatic carbocycles. The van der Waals surface area contributed by atoms with Crippen LogP contribution in [0, 0.1) is 0 Å². The van der Waals surface area contributed by atoms with E-state index < -0.39 is 0 Å². The number of hydrogen-bond donors (Lipinski definition) is 1. The molecule has 1 amide bonds. The zero-order valence-electron chi connectivity index (χ0n) is 15.8. The number of ketones is 1. The Hall–Kier alpha value is -3.68. The number of nitrogens with one attached hydrogen (secondary N) is 1. The summed E-state index contributed by atoms with van der Waals surface area (Å²) < 4.78 is 0. The number of rotatable bonds is 5. The maximum Gasteiger partial charge on any atom is 0.271 e. The second kappa shape index (κ2) is 8.55. The SMILES string of the molecule is O=C1CCCC(=NNC(=O)c2ccc(Cn3nnc(-c4ccccc4)n3)cc2)C1. The number of amides is 1. The van der Waals surface area contributed by atoms with Crippen LogP contribution in [0.3, 0.4) is 0 Å². The van der Waals surface area contributed by atoms with E-state index in [9.17, 15) is 9.59 Å². The molecule has 0 saturated heterocycles. The monoisotopic (exact) mass is 388 g/mol. The van der Waals surface area contributed by atoms with Crippen molar-refractivity contribution in [3.63, 3.8) is 0 Å². The van der Waals surface area contributed by atoms with Crippen molar-refractivity contribution in [2.45, 2.75) is 32.2 Å². The van der Waals surface area contributed by atoms with Crippen LogP contribution in [0.25, 0.3) is 11.4 Å². The molecule has 0 bridgehead atoms. The maximum atomic E-state index is 12.3. The minimum Gasteiger partial charge on any atom is -0.299 e. The van der Waals surface area contributed by atoms with Gasteiger partial charge in [0.2, 0.25) is 5.82 Å². The van der Waals surface area contributed by atoms with Gasteiger partial charge in [-0.3, -0.25) is 9.59 Å². The van der Waals surface area contributed by atoms with Crippen molar-refractivity contribution < 1.29 is 9.59 Å². The molecule has 29 heavy (non-hydrogen) atoms. The number of carbonyl (C=O) groups excluding carboxylic acids is 2. The lowest BCUT2D eigenvalue weighted by Crippen LogP contribution is -2.22. The Morgan fingerprint density at radius 1 is 1.07 bits per heavy atom. The minimum absolute atomic E-state index is 0.172. The first-order chi connectivity index (χ1) is 14.2. The molecule has 1 aliphatic rings. The largest absolute Gasteiger partial charge is 0.299 e. The van der Waals surface area contributed by atoms with Crippen LogP contribution < -0.4 is 5.43 Å². The van der Waals surface area contributed by atoms with E-state index in [0.29, 0.717) is 30.8 Å². The van der Waals surface area contributed by atoms with Gasteiger partial charge in [-0.2, -0.15) is 9.90 Å². The molecule has 0 radical (unpaired) electrons. The normalized spacial score (nSPS) is 15.4. The number of carbonyl (C=O) groups is 2. The van der Waals surface area contributed by atoms with Crippen molar-refractivity contribution >= 4 is 17.4 Å². The number of aromatic nitrogens is 4. The van der Waals surface area contributed by atoms with Crippen molar-refractivity contribution in [3.05, 3.63) is 65.7 Å². The van der Waals surface area contributed by atoms with Gasteiger partial charge >= 0.3 is 0 Å². The Morgan fingerprint density at radius 2 is 1.86 bits per heavy atom. The smallest absolute Gasteiger partial charge is 0.271 e. The second-order valence-corrected chi connectivity index (χ2v) is 6.89. The first-order valence-electron chi connectivity index (χ1n) is 9.47. The van der Waals surface area contributed by atoms with Gasteiger partial charge in [-0.05, 0) is 35.8 Å². The molecule has 1 N–H and O–H groups in total. The number of tetrazole rings is 1. The predicted molar refractivity (Wildman–Crippen MR) is 107 cm³/mol. The van der Waals surface area contributed by atoms with Crippen molar-refractivity contribution in [2.24, 2.45) is 5.10 Å². The van der Waals surface area contributed by atoms with E-state index in [1.165, 1.54) is 4.80 Å². The van der Waals surface area contributed by atoms with E-state index in [0.717, 1.165) is 29.7 Å². The van der Waals surface area contributed by atoms with Gasteiger partial charge in [0.15, 0.2) is 0 Å². The Morgan fingerprint density at radius 3 is 2.62 bits per heavy atom. The van der Waals surface area contributed by atoms with Gasteiger partial charge in [0.25, 0.3) is 5.91 Å². The van der Waals surface area contributed by atoms with Crippen LogP contribution in [-0.4, -0.2) is 37.6 Å². The van der Waals surface area contributed by atoms with Crippen molar-refractivity contribution in [2.75, 3.05) is 0 Å². The number of benzene rings is 2. The Labute approximate surface area is 167 Å². The minimum atomic E-state index is -0.299. The quantitative estimate of drug-likeness (QED) is 0.677. The summed E-state index contributed by atoms with van der Waals surface area (Å²) in [5.74, 6) is 0.444. The van der Waals surface area contributed by atoms with E-state index in [2.05, 4.69) is 25.9 Å². The van der Waals surface area contributed by atoms with E-state index in [1.807, 2.05) is 42.5 Å². The first-order valence-corrected chi connectivity index (χ1v) is 9.47. The van der Waals surface area contributed by atoms with Gasteiger partial charge < -0.3 is 0 Å². The molecular formula is C21H20N6O2. The Balaban J connectivity index is 1.37. The number of nitrogens with zero attached hydrogens (tertiary/aromatic N) is 5. The Bertz CT molecular complexity index is 1040. The van der Waals surface area contributed by atoms with E-state index in [1.54, 1.807) is 12.1 Å². The fourth-order valence-electron chi connectivity index (χ4n) is 3.12. The molecule has 8 heteroatoms. The van der Waals surface area contributed by atoms with Crippen LogP contribution >= 0.6 is 0 Å². The molecule has 0 atom stereocenters. The summed E-state index contributed by atoms with van der Waals surface area (Å²) in [5.41, 5.74) is 5.62. The van der Waals surface area contributed by atoms with E-state index >= 15 is 0 Å². The number of hydrogen-bond acceptors (Lipinski definition) is 6. The summed E-state index contributed by atoms with van der Waals surface area (Å²) in [6.07, 6.45) is 2.47. The molecule has 1 heterocycles. The van der Waals surface area contributed by atoms with Gasteiger partial charge in [0.1, 0.15) is 5.78 Å². The molecule has 2 aromatic carbocycles. The highest BCUT2D eigenvalue weighted by Crippen LogP contribution is 2.13. The number of hydrazone groups is 1. The average Bonchev–Trinajstić information content (AvgIpc) is 3.22. The van der Waals surface area contributed by atoms with Gasteiger partial charge in [-0.1, -0.05) is 42.5 Å². The predicted octanol–water partition coefficient (Wildman–Crippen LogP) is 2.62. The van der Waals surface area contributed by atoms with Gasteiger partial charge in [-0.25, -0.2) is 5.43 Å². The maximum absolute atomic E-state index is 12.3. The third kappa shape index (κ3) is 4.78. The summed E-state index contributed by atoms with van der Waals surface area (Å²) in [6, 6.07) is 16.8. The fraction of sp³-hybridized carbons (Fsp3) is 0.238. The van der Waals surface area contributed by atoms with Gasteiger partial charge in [0.05, 0.1) is 6.54 Å². The lowest BCUT2D eigenvalue weighted by Gasteiger charge is -2.11. The van der Waals surface area contributed by atoms with Gasteiger partial charge in [-0.15, -0.1) is 10.2 Å². The molecule has 0 aliphatic heterocycles. The molecule has 1 fully saturated rings. The van der Waals surface area contributed by atoms with Crippen LogP contribution in [-0.2, 0) is 11.3 Å². The third-order valence-electron chi connectivity index (χ3n) is 4.66. The zero-order chi connectivity index (χ0) is 20.1. The lowest BCUT2D eigenvalue weighted by atomic mass is 9.97. The molecule has 0 spiro atoms. The molecule has 1 saturated carbocycles. The average molecular weight is 388 g/mol. The Kier molecular flexibility index (Phi) is 5.51. The lowest BCUT2D eigenvalue weighted by molar-refractivity contribution is -0.118. The highest BCUT2D eigenvalue weighted by molar-refractivity contribution is 6.04. The zero-order valence-corrected chi connectivity index (χ0v) is 15.8. The fourth-order valence-corrected chi connectivity index (χ4v) is 3.12. The highest BCUT2D eigenvalue weighted by atomic mass is 16.2. The first kappa shape index (κ1) is 18.7. The summed E-state index contributed by atoms with van der Waals surface area (Å²) in [7, 11) is 0. The molecule has 4 rings (SSSR count). The van der Waals surface area contributed by atoms with Gasteiger partial charge in [0, 0.05) is 29.7 Å². The van der Waals surface area contributed by atoms with Crippen molar-refractivity contribution in [3.8, 4) is 11.4 Å².